The fraction of sp³-hybridized carbons (Fsp3) is 0.421. The maximum absolute atomic E-state index is 13.1. The summed E-state index contributed by atoms with van der Waals surface area (Å²) < 4.78 is 18.3. The highest BCUT2D eigenvalue weighted by molar-refractivity contribution is 5.74. The van der Waals surface area contributed by atoms with Crippen molar-refractivity contribution in [3.8, 4) is 5.75 Å². The second-order valence-corrected chi connectivity index (χ2v) is 6.92. The Morgan fingerprint density at radius 3 is 2.46 bits per heavy atom. The second-order valence-electron chi connectivity index (χ2n) is 6.92. The number of hydrogen-bond acceptors (Lipinski definition) is 5. The minimum absolute atomic E-state index is 0.0221. The SMILES string of the molecule is COc1ccc([C@H]2[C@@H]3CN(c4ncc(F)cn4)C[C@@H]3CN2C(C)=O)cc1. The van der Waals surface area contributed by atoms with Gasteiger partial charge in [-0.15, -0.1) is 0 Å². The number of methoxy groups -OCH3 is 1. The van der Waals surface area contributed by atoms with Crippen LogP contribution in [0.3, 0.4) is 0 Å². The molecule has 26 heavy (non-hydrogen) atoms. The minimum Gasteiger partial charge on any atom is -0.497 e. The van der Waals surface area contributed by atoms with Crippen LogP contribution in [0.4, 0.5) is 10.3 Å². The third-order valence-electron chi connectivity index (χ3n) is 5.42. The van der Waals surface area contributed by atoms with Gasteiger partial charge in [0.15, 0.2) is 5.82 Å². The average molecular weight is 356 g/mol. The number of aromatic nitrogens is 2. The molecule has 3 atom stereocenters. The summed E-state index contributed by atoms with van der Waals surface area (Å²) in [6.07, 6.45) is 2.39. The molecule has 0 bridgehead atoms. The van der Waals surface area contributed by atoms with Crippen LogP contribution in [-0.2, 0) is 4.79 Å². The minimum atomic E-state index is -0.438. The number of halogens is 1. The van der Waals surface area contributed by atoms with E-state index in [9.17, 15) is 9.18 Å². The first-order valence-electron chi connectivity index (χ1n) is 8.70. The highest BCUT2D eigenvalue weighted by Crippen LogP contribution is 2.45. The number of benzene rings is 1. The number of amides is 1. The largest absolute Gasteiger partial charge is 0.497 e. The van der Waals surface area contributed by atoms with Gasteiger partial charge < -0.3 is 14.5 Å². The predicted octanol–water partition coefficient (Wildman–Crippen LogP) is 2.28. The molecule has 3 heterocycles. The van der Waals surface area contributed by atoms with E-state index in [4.69, 9.17) is 4.74 Å². The molecule has 2 aliphatic rings. The zero-order valence-electron chi connectivity index (χ0n) is 14.8. The molecule has 1 aromatic heterocycles. The van der Waals surface area contributed by atoms with Crippen LogP contribution < -0.4 is 9.64 Å². The van der Waals surface area contributed by atoms with Gasteiger partial charge >= 0.3 is 0 Å². The van der Waals surface area contributed by atoms with Crippen LogP contribution in [0.1, 0.15) is 18.5 Å². The Labute approximate surface area is 151 Å². The standard InChI is InChI=1S/C19H21FN4O2/c1-12(25)24-10-14-9-23(19-21-7-15(20)8-22-19)11-17(14)18(24)13-3-5-16(26-2)6-4-13/h3-8,14,17-18H,9-11H2,1-2H3/t14-,17-,18+/m1/s1. The molecule has 0 N–H and O–H groups in total. The first-order valence-corrected chi connectivity index (χ1v) is 8.70. The van der Waals surface area contributed by atoms with E-state index in [1.165, 1.54) is 12.4 Å². The summed E-state index contributed by atoms with van der Waals surface area (Å²) in [5.74, 6) is 1.63. The predicted molar refractivity (Wildman–Crippen MR) is 94.3 cm³/mol. The van der Waals surface area contributed by atoms with Crippen molar-refractivity contribution in [1.29, 1.82) is 0 Å². The van der Waals surface area contributed by atoms with Gasteiger partial charge in [-0.2, -0.15) is 0 Å². The number of anilines is 1. The summed E-state index contributed by atoms with van der Waals surface area (Å²) in [6.45, 7) is 3.86. The van der Waals surface area contributed by atoms with Crippen LogP contribution in [0.2, 0.25) is 0 Å². The van der Waals surface area contributed by atoms with E-state index < -0.39 is 5.82 Å². The van der Waals surface area contributed by atoms with Gasteiger partial charge in [-0.1, -0.05) is 12.1 Å². The number of nitrogens with zero attached hydrogens (tertiary/aromatic N) is 4. The molecule has 4 rings (SSSR count). The number of ether oxygens (including phenoxy) is 1. The molecule has 2 aromatic rings. The quantitative estimate of drug-likeness (QED) is 0.844. The summed E-state index contributed by atoms with van der Waals surface area (Å²) in [7, 11) is 1.64. The van der Waals surface area contributed by atoms with E-state index in [1.807, 2.05) is 29.2 Å². The average Bonchev–Trinajstić information content (AvgIpc) is 3.20. The fourth-order valence-electron chi connectivity index (χ4n) is 4.23. The second kappa shape index (κ2) is 6.55. The van der Waals surface area contributed by atoms with E-state index in [0.717, 1.165) is 24.4 Å². The number of carbonyl (C=O) groups is 1. The molecule has 6 nitrogen and oxygen atoms in total. The number of likely N-dealkylation sites (tertiary alicyclic amines) is 1. The number of hydrogen-bond donors (Lipinski definition) is 0. The lowest BCUT2D eigenvalue weighted by Crippen LogP contribution is -2.34. The van der Waals surface area contributed by atoms with Crippen molar-refractivity contribution in [1.82, 2.24) is 14.9 Å². The molecule has 1 amide bonds. The fourth-order valence-corrected chi connectivity index (χ4v) is 4.23. The van der Waals surface area contributed by atoms with Gasteiger partial charge in [0.25, 0.3) is 0 Å². The van der Waals surface area contributed by atoms with Crippen LogP contribution in [0, 0.1) is 17.7 Å². The van der Waals surface area contributed by atoms with Gasteiger partial charge in [0.05, 0.1) is 25.5 Å². The summed E-state index contributed by atoms with van der Waals surface area (Å²) in [5.41, 5.74) is 1.11. The summed E-state index contributed by atoms with van der Waals surface area (Å²) in [5, 5.41) is 0. The Morgan fingerprint density at radius 2 is 1.85 bits per heavy atom. The van der Waals surface area contributed by atoms with Crippen molar-refractivity contribution in [3.63, 3.8) is 0 Å². The van der Waals surface area contributed by atoms with Crippen molar-refractivity contribution in [3.05, 3.63) is 48.0 Å². The van der Waals surface area contributed by atoms with Gasteiger partial charge in [-0.3, -0.25) is 4.79 Å². The van der Waals surface area contributed by atoms with E-state index in [2.05, 4.69) is 14.9 Å². The van der Waals surface area contributed by atoms with Gasteiger partial charge in [0.2, 0.25) is 11.9 Å². The Morgan fingerprint density at radius 1 is 1.15 bits per heavy atom. The summed E-state index contributed by atoms with van der Waals surface area (Å²) in [6, 6.07) is 7.93. The molecule has 0 radical (unpaired) electrons. The number of rotatable bonds is 3. The normalized spacial score (nSPS) is 24.7. The third kappa shape index (κ3) is 2.87. The molecule has 0 spiro atoms. The maximum atomic E-state index is 13.1. The van der Waals surface area contributed by atoms with Crippen LogP contribution >= 0.6 is 0 Å². The lowest BCUT2D eigenvalue weighted by molar-refractivity contribution is -0.130. The molecule has 2 saturated heterocycles. The molecule has 0 saturated carbocycles. The monoisotopic (exact) mass is 356 g/mol. The van der Waals surface area contributed by atoms with Crippen LogP contribution in [0.25, 0.3) is 0 Å². The third-order valence-corrected chi connectivity index (χ3v) is 5.42. The molecule has 2 aliphatic heterocycles. The number of carbonyl (C=O) groups excluding carboxylic acids is 1. The van der Waals surface area contributed by atoms with Crippen molar-refractivity contribution in [2.45, 2.75) is 13.0 Å². The van der Waals surface area contributed by atoms with Gasteiger partial charge in [0.1, 0.15) is 5.75 Å². The molecule has 0 unspecified atom stereocenters. The smallest absolute Gasteiger partial charge is 0.225 e. The summed E-state index contributed by atoms with van der Waals surface area (Å²) >= 11 is 0. The van der Waals surface area contributed by atoms with E-state index in [1.54, 1.807) is 14.0 Å². The van der Waals surface area contributed by atoms with Crippen molar-refractivity contribution < 1.29 is 13.9 Å². The van der Waals surface area contributed by atoms with Crippen molar-refractivity contribution >= 4 is 11.9 Å². The molecule has 2 fully saturated rings. The Kier molecular flexibility index (Phi) is 4.22. The first-order chi connectivity index (χ1) is 12.6. The van der Waals surface area contributed by atoms with Crippen LogP contribution in [0.15, 0.2) is 36.7 Å². The van der Waals surface area contributed by atoms with E-state index in [-0.39, 0.29) is 11.9 Å². The Hall–Kier alpha value is -2.70. The van der Waals surface area contributed by atoms with Crippen molar-refractivity contribution in [2.24, 2.45) is 11.8 Å². The Balaban J connectivity index is 1.60. The zero-order chi connectivity index (χ0) is 18.3. The number of fused-ring (bicyclic) bond motifs is 1. The maximum Gasteiger partial charge on any atom is 0.225 e. The molecular weight excluding hydrogens is 335 g/mol. The van der Waals surface area contributed by atoms with Gasteiger partial charge in [-0.05, 0) is 17.7 Å². The lowest BCUT2D eigenvalue weighted by atomic mass is 9.89. The topological polar surface area (TPSA) is 58.6 Å². The van der Waals surface area contributed by atoms with Crippen LogP contribution in [-0.4, -0.2) is 47.5 Å². The van der Waals surface area contributed by atoms with Gasteiger partial charge in [-0.25, -0.2) is 14.4 Å². The highest BCUT2D eigenvalue weighted by atomic mass is 19.1. The zero-order valence-corrected chi connectivity index (χ0v) is 14.8. The molecule has 1 aromatic carbocycles. The molecule has 136 valence electrons. The van der Waals surface area contributed by atoms with E-state index >= 15 is 0 Å². The van der Waals surface area contributed by atoms with Crippen molar-refractivity contribution in [2.75, 3.05) is 31.6 Å². The highest BCUT2D eigenvalue weighted by Gasteiger charge is 2.48. The first kappa shape index (κ1) is 16.8. The van der Waals surface area contributed by atoms with Crippen LogP contribution in [0.5, 0.6) is 5.75 Å². The summed E-state index contributed by atoms with van der Waals surface area (Å²) in [4.78, 5) is 24.4. The van der Waals surface area contributed by atoms with E-state index in [0.29, 0.717) is 24.3 Å². The molecular formula is C19H21FN4O2. The Bertz CT molecular complexity index is 796. The molecule has 7 heteroatoms. The molecule has 0 aliphatic carbocycles. The lowest BCUT2D eigenvalue weighted by Gasteiger charge is -2.29. The van der Waals surface area contributed by atoms with Gasteiger partial charge in [0, 0.05) is 38.4 Å².